The van der Waals surface area contributed by atoms with Gasteiger partial charge in [0.25, 0.3) is 0 Å². The molecule has 0 aromatic carbocycles. The predicted octanol–water partition coefficient (Wildman–Crippen LogP) is 0.476. The maximum absolute atomic E-state index is 5.68. The number of methoxy groups -OCH3 is 1. The fourth-order valence-corrected chi connectivity index (χ4v) is 2.78. The van der Waals surface area contributed by atoms with E-state index in [1.54, 1.807) is 0 Å². The lowest BCUT2D eigenvalue weighted by atomic mass is 9.99. The van der Waals surface area contributed by atoms with Crippen LogP contribution in [0.2, 0.25) is 0 Å². The van der Waals surface area contributed by atoms with Crippen LogP contribution in [-0.2, 0) is 9.47 Å². The van der Waals surface area contributed by atoms with Crippen molar-refractivity contribution in [2.45, 2.75) is 30.9 Å². The molecule has 2 saturated heterocycles. The number of nitrogens with zero attached hydrogens (tertiary/aromatic N) is 1. The van der Waals surface area contributed by atoms with Crippen molar-refractivity contribution < 1.29 is 9.47 Å². The van der Waals surface area contributed by atoms with E-state index in [-0.39, 0.29) is 5.60 Å². The van der Waals surface area contributed by atoms with Crippen LogP contribution in [0.5, 0.6) is 0 Å². The summed E-state index contributed by atoms with van der Waals surface area (Å²) in [5.74, 6) is 0. The summed E-state index contributed by atoms with van der Waals surface area (Å²) in [7, 11) is 3.87. The SMILES string of the molecule is CNC1CCCN(CC2(OC)CCOC2)C1. The zero-order valence-corrected chi connectivity index (χ0v) is 10.5. The standard InChI is InChI=1S/C12H24N2O2/c1-13-11-4-3-6-14(8-11)9-12(15-2)5-7-16-10-12/h11,13H,3-10H2,1-2H3. The number of ether oxygens (including phenoxy) is 2. The molecule has 2 fully saturated rings. The monoisotopic (exact) mass is 228 g/mol. The maximum atomic E-state index is 5.68. The van der Waals surface area contributed by atoms with Crippen LogP contribution in [0.15, 0.2) is 0 Å². The van der Waals surface area contributed by atoms with Crippen LogP contribution in [0.3, 0.4) is 0 Å². The molecule has 94 valence electrons. The highest BCUT2D eigenvalue weighted by Gasteiger charge is 2.37. The molecule has 0 aromatic heterocycles. The minimum absolute atomic E-state index is 0.0460. The van der Waals surface area contributed by atoms with E-state index in [0.29, 0.717) is 6.04 Å². The van der Waals surface area contributed by atoms with Crippen molar-refractivity contribution in [3.05, 3.63) is 0 Å². The Kier molecular flexibility index (Phi) is 4.19. The van der Waals surface area contributed by atoms with E-state index in [9.17, 15) is 0 Å². The first-order valence-electron chi connectivity index (χ1n) is 6.30. The Bertz CT molecular complexity index is 217. The van der Waals surface area contributed by atoms with Gasteiger partial charge in [-0.05, 0) is 26.4 Å². The molecule has 0 bridgehead atoms. The van der Waals surface area contributed by atoms with Crippen molar-refractivity contribution in [2.75, 3.05) is 47.0 Å². The lowest BCUT2D eigenvalue weighted by Crippen LogP contribution is -2.51. The van der Waals surface area contributed by atoms with Gasteiger partial charge in [-0.3, -0.25) is 4.90 Å². The Morgan fingerprint density at radius 1 is 1.56 bits per heavy atom. The van der Waals surface area contributed by atoms with Gasteiger partial charge in [0, 0.05) is 39.3 Å². The predicted molar refractivity (Wildman–Crippen MR) is 63.7 cm³/mol. The maximum Gasteiger partial charge on any atom is 0.106 e. The van der Waals surface area contributed by atoms with Crippen molar-refractivity contribution in [2.24, 2.45) is 0 Å². The van der Waals surface area contributed by atoms with Crippen LogP contribution in [-0.4, -0.2) is 63.5 Å². The number of piperidine rings is 1. The molecule has 2 unspecified atom stereocenters. The fraction of sp³-hybridized carbons (Fsp3) is 1.00. The summed E-state index contributed by atoms with van der Waals surface area (Å²) in [5, 5.41) is 3.38. The molecule has 0 radical (unpaired) electrons. The summed E-state index contributed by atoms with van der Waals surface area (Å²) in [6.45, 7) is 4.95. The van der Waals surface area contributed by atoms with Gasteiger partial charge >= 0.3 is 0 Å². The Hall–Kier alpha value is -0.160. The molecule has 2 atom stereocenters. The molecule has 4 nitrogen and oxygen atoms in total. The molecule has 0 spiro atoms. The molecule has 0 aromatic rings. The van der Waals surface area contributed by atoms with Crippen molar-refractivity contribution in [1.82, 2.24) is 10.2 Å². The Morgan fingerprint density at radius 3 is 3.06 bits per heavy atom. The third-order valence-electron chi connectivity index (χ3n) is 3.93. The van der Waals surface area contributed by atoms with Crippen LogP contribution < -0.4 is 5.32 Å². The van der Waals surface area contributed by atoms with Crippen LogP contribution in [0.25, 0.3) is 0 Å². The zero-order chi connectivity index (χ0) is 11.4. The largest absolute Gasteiger partial charge is 0.378 e. The Labute approximate surface area is 98.3 Å². The lowest BCUT2D eigenvalue weighted by Gasteiger charge is -2.38. The Morgan fingerprint density at radius 2 is 2.44 bits per heavy atom. The molecule has 4 heteroatoms. The Balaban J connectivity index is 1.87. The number of rotatable bonds is 4. The first kappa shape index (κ1) is 12.3. The van der Waals surface area contributed by atoms with Gasteiger partial charge in [0.1, 0.15) is 5.60 Å². The third-order valence-corrected chi connectivity index (χ3v) is 3.93. The molecule has 0 aliphatic carbocycles. The summed E-state index contributed by atoms with van der Waals surface area (Å²) in [6.07, 6.45) is 3.61. The topological polar surface area (TPSA) is 33.7 Å². The van der Waals surface area contributed by atoms with E-state index < -0.39 is 0 Å². The molecule has 2 heterocycles. The number of hydrogen-bond acceptors (Lipinski definition) is 4. The lowest BCUT2D eigenvalue weighted by molar-refractivity contribution is -0.0453. The van der Waals surface area contributed by atoms with Gasteiger partial charge in [0.05, 0.1) is 6.61 Å². The van der Waals surface area contributed by atoms with E-state index in [0.717, 1.165) is 32.7 Å². The normalized spacial score (nSPS) is 36.8. The number of nitrogens with one attached hydrogen (secondary N) is 1. The smallest absolute Gasteiger partial charge is 0.106 e. The van der Waals surface area contributed by atoms with Gasteiger partial charge < -0.3 is 14.8 Å². The molecular weight excluding hydrogens is 204 g/mol. The average molecular weight is 228 g/mol. The third kappa shape index (κ3) is 2.74. The second kappa shape index (κ2) is 5.45. The van der Waals surface area contributed by atoms with Gasteiger partial charge in [0.15, 0.2) is 0 Å². The van der Waals surface area contributed by atoms with Gasteiger partial charge in [-0.2, -0.15) is 0 Å². The average Bonchev–Trinajstić information content (AvgIpc) is 2.78. The van der Waals surface area contributed by atoms with E-state index in [1.165, 1.54) is 19.4 Å². The van der Waals surface area contributed by atoms with E-state index in [2.05, 4.69) is 17.3 Å². The molecule has 1 N–H and O–H groups in total. The summed E-state index contributed by atoms with van der Waals surface area (Å²) in [6, 6.07) is 0.643. The number of likely N-dealkylation sites (tertiary alicyclic amines) is 1. The van der Waals surface area contributed by atoms with E-state index in [1.807, 2.05) is 7.11 Å². The molecule has 2 aliphatic heterocycles. The highest BCUT2D eigenvalue weighted by atomic mass is 16.5. The van der Waals surface area contributed by atoms with Gasteiger partial charge in [0.2, 0.25) is 0 Å². The molecule has 0 amide bonds. The van der Waals surface area contributed by atoms with Gasteiger partial charge in [-0.1, -0.05) is 0 Å². The van der Waals surface area contributed by atoms with Gasteiger partial charge in [-0.15, -0.1) is 0 Å². The summed E-state index contributed by atoms with van der Waals surface area (Å²) >= 11 is 0. The second-order valence-electron chi connectivity index (χ2n) is 5.05. The van der Waals surface area contributed by atoms with E-state index >= 15 is 0 Å². The van der Waals surface area contributed by atoms with Crippen LogP contribution >= 0.6 is 0 Å². The molecule has 16 heavy (non-hydrogen) atoms. The second-order valence-corrected chi connectivity index (χ2v) is 5.05. The highest BCUT2D eigenvalue weighted by Crippen LogP contribution is 2.25. The number of hydrogen-bond donors (Lipinski definition) is 1. The molecule has 2 rings (SSSR count). The van der Waals surface area contributed by atoms with Crippen LogP contribution in [0.4, 0.5) is 0 Å². The summed E-state index contributed by atoms with van der Waals surface area (Å²) in [4.78, 5) is 2.52. The first-order valence-corrected chi connectivity index (χ1v) is 6.30. The number of likely N-dealkylation sites (N-methyl/N-ethyl adjacent to an activating group) is 1. The molecular formula is C12H24N2O2. The van der Waals surface area contributed by atoms with Crippen molar-refractivity contribution in [1.29, 1.82) is 0 Å². The van der Waals surface area contributed by atoms with Crippen molar-refractivity contribution >= 4 is 0 Å². The molecule has 2 aliphatic rings. The van der Waals surface area contributed by atoms with Crippen LogP contribution in [0, 0.1) is 0 Å². The molecule has 0 saturated carbocycles. The highest BCUT2D eigenvalue weighted by molar-refractivity contribution is 4.90. The van der Waals surface area contributed by atoms with Crippen molar-refractivity contribution in [3.63, 3.8) is 0 Å². The van der Waals surface area contributed by atoms with Crippen LogP contribution in [0.1, 0.15) is 19.3 Å². The summed E-state index contributed by atoms with van der Waals surface area (Å²) < 4.78 is 11.2. The van der Waals surface area contributed by atoms with E-state index in [4.69, 9.17) is 9.47 Å². The first-order chi connectivity index (χ1) is 7.78. The fourth-order valence-electron chi connectivity index (χ4n) is 2.78. The summed E-state index contributed by atoms with van der Waals surface area (Å²) in [5.41, 5.74) is -0.0460. The minimum Gasteiger partial charge on any atom is -0.378 e. The van der Waals surface area contributed by atoms with Crippen molar-refractivity contribution in [3.8, 4) is 0 Å². The quantitative estimate of drug-likeness (QED) is 0.758. The minimum atomic E-state index is -0.0460. The van der Waals surface area contributed by atoms with Gasteiger partial charge in [-0.25, -0.2) is 0 Å². The zero-order valence-electron chi connectivity index (χ0n) is 10.5.